The molecule has 1 fully saturated rings. The van der Waals surface area contributed by atoms with Crippen LogP contribution < -0.4 is 0 Å². The Bertz CT molecular complexity index is 564. The number of rotatable bonds is 4. The van der Waals surface area contributed by atoms with Crippen molar-refractivity contribution in [2.45, 2.75) is 25.2 Å². The van der Waals surface area contributed by atoms with Gasteiger partial charge in [0.25, 0.3) is 4.84 Å². The van der Waals surface area contributed by atoms with Gasteiger partial charge in [-0.25, -0.2) is 5.10 Å². The molecule has 90 valence electrons. The van der Waals surface area contributed by atoms with Crippen LogP contribution in [0.25, 0.3) is 0 Å². The van der Waals surface area contributed by atoms with Gasteiger partial charge >= 0.3 is 0 Å². The van der Waals surface area contributed by atoms with Gasteiger partial charge in [0, 0.05) is 25.9 Å². The Morgan fingerprint density at radius 1 is 1.65 bits per heavy atom. The average molecular weight is 249 g/mol. The molecular formula is C12H15N3OS. The summed E-state index contributed by atoms with van der Waals surface area (Å²) in [5.41, 5.74) is 1.37. The van der Waals surface area contributed by atoms with Crippen LogP contribution in [0.5, 0.6) is 0 Å². The molecular weight excluding hydrogens is 234 g/mol. The van der Waals surface area contributed by atoms with Crippen molar-refractivity contribution in [3.05, 3.63) is 34.8 Å². The Labute approximate surface area is 105 Å². The maximum Gasteiger partial charge on any atom is 0.284 e. The molecule has 17 heavy (non-hydrogen) atoms. The molecule has 2 aromatic heterocycles. The molecule has 2 heterocycles. The van der Waals surface area contributed by atoms with Crippen molar-refractivity contribution >= 4 is 12.2 Å². The van der Waals surface area contributed by atoms with Crippen LogP contribution in [0.1, 0.15) is 30.2 Å². The largest absolute Gasteiger partial charge is 0.414 e. The molecule has 3 rings (SSSR count). The third-order valence-electron chi connectivity index (χ3n) is 3.35. The fourth-order valence-electron chi connectivity index (χ4n) is 2.34. The molecule has 5 heteroatoms. The van der Waals surface area contributed by atoms with E-state index in [1.165, 1.54) is 18.4 Å². The number of aromatic amines is 1. The summed E-state index contributed by atoms with van der Waals surface area (Å²) in [7, 11) is 2.05. The smallest absolute Gasteiger partial charge is 0.284 e. The second-order valence-electron chi connectivity index (χ2n) is 4.77. The van der Waals surface area contributed by atoms with E-state index in [1.807, 2.05) is 7.05 Å². The van der Waals surface area contributed by atoms with Crippen molar-refractivity contribution in [3.8, 4) is 0 Å². The molecule has 0 radical (unpaired) electrons. The summed E-state index contributed by atoms with van der Waals surface area (Å²) in [6, 6.07) is 2.18. The predicted octanol–water partition coefficient (Wildman–Crippen LogP) is 2.81. The van der Waals surface area contributed by atoms with Gasteiger partial charge in [0.05, 0.1) is 0 Å². The van der Waals surface area contributed by atoms with Crippen LogP contribution in [-0.4, -0.2) is 14.8 Å². The molecule has 1 saturated carbocycles. The molecule has 4 nitrogen and oxygen atoms in total. The van der Waals surface area contributed by atoms with E-state index in [-0.39, 0.29) is 0 Å². The summed E-state index contributed by atoms with van der Waals surface area (Å²) < 4.78 is 7.45. The number of aromatic nitrogens is 3. The minimum Gasteiger partial charge on any atom is -0.414 e. The molecule has 0 aliphatic heterocycles. The van der Waals surface area contributed by atoms with E-state index >= 15 is 0 Å². The van der Waals surface area contributed by atoms with Gasteiger partial charge in [-0.15, -0.1) is 5.10 Å². The lowest BCUT2D eigenvalue weighted by atomic mass is 9.93. The minimum absolute atomic E-state index is 0.364. The number of H-pyrrole nitrogens is 1. The Morgan fingerprint density at radius 2 is 2.47 bits per heavy atom. The first-order valence-electron chi connectivity index (χ1n) is 5.88. The summed E-state index contributed by atoms with van der Waals surface area (Å²) in [6.07, 6.45) is 7.73. The van der Waals surface area contributed by atoms with Gasteiger partial charge in [0.15, 0.2) is 0 Å². The summed E-state index contributed by atoms with van der Waals surface area (Å²) in [5.74, 6) is 2.01. The zero-order valence-corrected chi connectivity index (χ0v) is 10.5. The van der Waals surface area contributed by atoms with Gasteiger partial charge in [-0.3, -0.25) is 0 Å². The lowest BCUT2D eigenvalue weighted by molar-refractivity contribution is 0.446. The summed E-state index contributed by atoms with van der Waals surface area (Å²) >= 11 is 4.90. The van der Waals surface area contributed by atoms with Crippen LogP contribution in [0.4, 0.5) is 0 Å². The van der Waals surface area contributed by atoms with E-state index in [0.29, 0.717) is 10.8 Å². The normalized spacial score (nSPS) is 17.2. The van der Waals surface area contributed by atoms with E-state index in [4.69, 9.17) is 16.6 Å². The molecule has 1 aliphatic carbocycles. The van der Waals surface area contributed by atoms with Gasteiger partial charge in [-0.1, -0.05) is 0 Å². The molecule has 0 spiro atoms. The van der Waals surface area contributed by atoms with E-state index in [9.17, 15) is 0 Å². The van der Waals surface area contributed by atoms with Crippen LogP contribution >= 0.6 is 12.2 Å². The zero-order valence-electron chi connectivity index (χ0n) is 9.72. The standard InChI is InChI=1S/C12H15N3OS/c1-15-5-4-9(7-15)10(8-2-3-8)6-11-13-14-12(17)16-11/h4-5,7-8,10H,2-3,6H2,1H3,(H,14,17). The quantitative estimate of drug-likeness (QED) is 0.847. The van der Waals surface area contributed by atoms with Crippen LogP contribution in [0, 0.1) is 10.8 Å². The van der Waals surface area contributed by atoms with E-state index in [0.717, 1.165) is 18.2 Å². The van der Waals surface area contributed by atoms with Gasteiger partial charge in [0.2, 0.25) is 5.89 Å². The molecule has 1 aliphatic rings. The number of aryl methyl sites for hydroxylation is 1. The second-order valence-corrected chi connectivity index (χ2v) is 5.14. The van der Waals surface area contributed by atoms with Gasteiger partial charge in [-0.05, 0) is 48.5 Å². The minimum atomic E-state index is 0.364. The fraction of sp³-hybridized carbons (Fsp3) is 0.500. The SMILES string of the molecule is Cn1ccc(C(Cc2n[nH]c(=S)o2)C2CC2)c1. The van der Waals surface area contributed by atoms with E-state index in [1.54, 1.807) is 0 Å². The maximum absolute atomic E-state index is 5.36. The molecule has 0 saturated heterocycles. The Morgan fingerprint density at radius 3 is 3.00 bits per heavy atom. The molecule has 1 unspecified atom stereocenters. The maximum atomic E-state index is 5.36. The Kier molecular flexibility index (Phi) is 2.63. The van der Waals surface area contributed by atoms with Crippen LogP contribution in [0.15, 0.2) is 22.9 Å². The molecule has 0 bridgehead atoms. The van der Waals surface area contributed by atoms with Gasteiger partial charge in [0.1, 0.15) is 0 Å². The van der Waals surface area contributed by atoms with Crippen LogP contribution in [0.2, 0.25) is 0 Å². The van der Waals surface area contributed by atoms with E-state index in [2.05, 4.69) is 33.2 Å². The highest BCUT2D eigenvalue weighted by molar-refractivity contribution is 7.71. The Balaban J connectivity index is 1.83. The van der Waals surface area contributed by atoms with Crippen molar-refractivity contribution < 1.29 is 4.42 Å². The lowest BCUT2D eigenvalue weighted by Gasteiger charge is -2.12. The highest BCUT2D eigenvalue weighted by atomic mass is 32.1. The monoisotopic (exact) mass is 249 g/mol. The third-order valence-corrected chi connectivity index (χ3v) is 3.53. The first-order chi connectivity index (χ1) is 8.22. The van der Waals surface area contributed by atoms with Crippen LogP contribution in [-0.2, 0) is 13.5 Å². The Hall–Kier alpha value is -1.36. The van der Waals surface area contributed by atoms with E-state index < -0.39 is 0 Å². The first kappa shape index (κ1) is 10.8. The molecule has 0 aromatic carbocycles. The van der Waals surface area contributed by atoms with Gasteiger partial charge in [-0.2, -0.15) is 0 Å². The zero-order chi connectivity index (χ0) is 11.8. The summed E-state index contributed by atoms with van der Waals surface area (Å²) in [6.45, 7) is 0. The first-order valence-corrected chi connectivity index (χ1v) is 6.29. The van der Waals surface area contributed by atoms with Crippen molar-refractivity contribution in [1.29, 1.82) is 0 Å². The van der Waals surface area contributed by atoms with Gasteiger partial charge < -0.3 is 8.98 Å². The van der Waals surface area contributed by atoms with Crippen molar-refractivity contribution in [2.24, 2.45) is 13.0 Å². The highest BCUT2D eigenvalue weighted by Crippen LogP contribution is 2.44. The molecule has 0 amide bonds. The second kappa shape index (κ2) is 4.14. The molecule has 1 N–H and O–H groups in total. The predicted molar refractivity (Wildman–Crippen MR) is 66.3 cm³/mol. The number of hydrogen-bond donors (Lipinski definition) is 1. The molecule has 1 atom stereocenters. The van der Waals surface area contributed by atoms with Crippen molar-refractivity contribution in [1.82, 2.24) is 14.8 Å². The molecule has 2 aromatic rings. The van der Waals surface area contributed by atoms with Crippen molar-refractivity contribution in [3.63, 3.8) is 0 Å². The lowest BCUT2D eigenvalue weighted by Crippen LogP contribution is -2.05. The number of nitrogens with one attached hydrogen (secondary N) is 1. The average Bonchev–Trinajstić information content (AvgIpc) is 2.92. The van der Waals surface area contributed by atoms with Crippen molar-refractivity contribution in [2.75, 3.05) is 0 Å². The summed E-state index contributed by atoms with van der Waals surface area (Å²) in [4.78, 5) is 0.364. The summed E-state index contributed by atoms with van der Waals surface area (Å²) in [5, 5.41) is 6.78. The topological polar surface area (TPSA) is 46.8 Å². The number of nitrogens with zero attached hydrogens (tertiary/aromatic N) is 2. The highest BCUT2D eigenvalue weighted by Gasteiger charge is 2.33. The fourth-order valence-corrected chi connectivity index (χ4v) is 2.48. The number of hydrogen-bond acceptors (Lipinski definition) is 3. The van der Waals surface area contributed by atoms with Crippen LogP contribution in [0.3, 0.4) is 0 Å². The third kappa shape index (κ3) is 2.34.